The molecule has 0 saturated heterocycles. The smallest absolute Gasteiger partial charge is 0.263 e. The summed E-state index contributed by atoms with van der Waals surface area (Å²) >= 11 is 5.84. The zero-order valence-electron chi connectivity index (χ0n) is 8.67. The lowest BCUT2D eigenvalue weighted by Gasteiger charge is -2.08. The highest BCUT2D eigenvalue weighted by atomic mass is 35.5. The van der Waals surface area contributed by atoms with Gasteiger partial charge in [0.05, 0.1) is 16.9 Å². The van der Waals surface area contributed by atoms with E-state index in [9.17, 15) is 8.42 Å². The van der Waals surface area contributed by atoms with Gasteiger partial charge in [-0.25, -0.2) is 8.42 Å². The van der Waals surface area contributed by atoms with Crippen molar-refractivity contribution in [1.29, 1.82) is 0 Å². The van der Waals surface area contributed by atoms with Crippen LogP contribution in [0.4, 0.5) is 5.69 Å². The summed E-state index contributed by atoms with van der Waals surface area (Å²) in [7, 11) is -3.67. The highest BCUT2D eigenvalue weighted by molar-refractivity contribution is 7.92. The predicted molar refractivity (Wildman–Crippen MR) is 66.5 cm³/mol. The van der Waals surface area contributed by atoms with Gasteiger partial charge in [0.15, 0.2) is 0 Å². The van der Waals surface area contributed by atoms with E-state index < -0.39 is 10.0 Å². The molecular weight excluding hydrogens is 260 g/mol. The highest BCUT2D eigenvalue weighted by Gasteiger charge is 2.17. The fourth-order valence-electron chi connectivity index (χ4n) is 1.30. The van der Waals surface area contributed by atoms with Crippen molar-refractivity contribution in [2.24, 2.45) is 0 Å². The second kappa shape index (κ2) is 4.73. The van der Waals surface area contributed by atoms with E-state index >= 15 is 0 Å². The molecule has 0 unspecified atom stereocenters. The Balaban J connectivity index is 2.36. The minimum atomic E-state index is -3.67. The van der Waals surface area contributed by atoms with Crippen molar-refractivity contribution in [3.63, 3.8) is 0 Å². The van der Waals surface area contributed by atoms with Crippen LogP contribution in [0.5, 0.6) is 0 Å². The Morgan fingerprint density at radius 2 is 1.88 bits per heavy atom. The van der Waals surface area contributed by atoms with Gasteiger partial charge in [-0.2, -0.15) is 0 Å². The Bertz CT molecular complexity index is 614. The Hall–Kier alpha value is -1.59. The van der Waals surface area contributed by atoms with E-state index in [1.54, 1.807) is 30.5 Å². The van der Waals surface area contributed by atoms with Crippen LogP contribution in [-0.4, -0.2) is 13.4 Å². The Kier molecular flexibility index (Phi) is 3.31. The van der Waals surface area contributed by atoms with Gasteiger partial charge >= 0.3 is 0 Å². The number of nitrogens with zero attached hydrogens (tertiary/aromatic N) is 1. The molecule has 0 saturated carbocycles. The van der Waals surface area contributed by atoms with Crippen LogP contribution in [0.25, 0.3) is 0 Å². The number of hydrogen-bond donors (Lipinski definition) is 1. The maximum atomic E-state index is 12.0. The molecule has 6 heteroatoms. The first-order chi connectivity index (χ1) is 8.09. The lowest BCUT2D eigenvalue weighted by molar-refractivity contribution is 0.601. The van der Waals surface area contributed by atoms with E-state index in [4.69, 9.17) is 11.6 Å². The molecule has 2 aromatic rings. The van der Waals surface area contributed by atoms with Crippen LogP contribution in [0.1, 0.15) is 0 Å². The van der Waals surface area contributed by atoms with Crippen LogP contribution in [0.2, 0.25) is 5.02 Å². The maximum Gasteiger partial charge on any atom is 0.263 e. The number of anilines is 1. The van der Waals surface area contributed by atoms with Gasteiger partial charge < -0.3 is 0 Å². The number of pyridine rings is 1. The first-order valence-electron chi connectivity index (χ1n) is 4.77. The number of rotatable bonds is 3. The van der Waals surface area contributed by atoms with Crippen molar-refractivity contribution in [3.05, 3.63) is 53.8 Å². The molecule has 0 aliphatic heterocycles. The standard InChI is InChI=1S/C11H9ClN2O2S/c12-10-5-1-2-6-11(10)17(15,16)14-9-4-3-7-13-8-9/h1-8,14H. The monoisotopic (exact) mass is 268 g/mol. The first-order valence-corrected chi connectivity index (χ1v) is 6.63. The van der Waals surface area contributed by atoms with Crippen LogP contribution < -0.4 is 4.72 Å². The summed E-state index contributed by atoms with van der Waals surface area (Å²) in [4.78, 5) is 3.87. The van der Waals surface area contributed by atoms with Gasteiger partial charge in [0.25, 0.3) is 10.0 Å². The van der Waals surface area contributed by atoms with Crippen molar-refractivity contribution in [2.45, 2.75) is 4.90 Å². The van der Waals surface area contributed by atoms with Crippen molar-refractivity contribution < 1.29 is 8.42 Å². The number of nitrogens with one attached hydrogen (secondary N) is 1. The molecule has 2 rings (SSSR count). The molecule has 0 aliphatic rings. The molecule has 0 aliphatic carbocycles. The third kappa shape index (κ3) is 2.75. The number of sulfonamides is 1. The normalized spacial score (nSPS) is 11.1. The average molecular weight is 269 g/mol. The van der Waals surface area contributed by atoms with Gasteiger partial charge in [-0.3, -0.25) is 9.71 Å². The second-order valence-corrected chi connectivity index (χ2v) is 5.34. The molecule has 0 amide bonds. The van der Waals surface area contributed by atoms with Gasteiger partial charge in [-0.05, 0) is 24.3 Å². The molecule has 17 heavy (non-hydrogen) atoms. The van der Waals surface area contributed by atoms with Crippen LogP contribution in [0.15, 0.2) is 53.7 Å². The SMILES string of the molecule is O=S(=O)(Nc1cccnc1)c1ccccc1Cl. The van der Waals surface area contributed by atoms with E-state index in [0.29, 0.717) is 5.69 Å². The second-order valence-electron chi connectivity index (χ2n) is 3.28. The van der Waals surface area contributed by atoms with E-state index in [1.807, 2.05) is 0 Å². The first kappa shape index (κ1) is 11.9. The van der Waals surface area contributed by atoms with Gasteiger partial charge in [0, 0.05) is 6.20 Å². The van der Waals surface area contributed by atoms with Crippen molar-refractivity contribution in [2.75, 3.05) is 4.72 Å². The summed E-state index contributed by atoms with van der Waals surface area (Å²) < 4.78 is 26.4. The van der Waals surface area contributed by atoms with Gasteiger partial charge in [-0.15, -0.1) is 0 Å². The molecule has 1 N–H and O–H groups in total. The van der Waals surface area contributed by atoms with Crippen molar-refractivity contribution in [1.82, 2.24) is 4.98 Å². The summed E-state index contributed by atoms with van der Waals surface area (Å²) in [5, 5.41) is 0.184. The molecule has 88 valence electrons. The summed E-state index contributed by atoms with van der Waals surface area (Å²) in [6.07, 6.45) is 2.99. The minimum Gasteiger partial charge on any atom is -0.278 e. The van der Waals surface area contributed by atoms with Crippen LogP contribution in [0, 0.1) is 0 Å². The zero-order chi connectivity index (χ0) is 12.3. The van der Waals surface area contributed by atoms with E-state index in [1.165, 1.54) is 18.3 Å². The molecule has 0 fully saturated rings. The lowest BCUT2D eigenvalue weighted by Crippen LogP contribution is -2.13. The third-order valence-electron chi connectivity index (χ3n) is 2.04. The summed E-state index contributed by atoms with van der Waals surface area (Å²) in [6.45, 7) is 0. The summed E-state index contributed by atoms with van der Waals surface area (Å²) in [6, 6.07) is 9.52. The fraction of sp³-hybridized carbons (Fsp3) is 0. The van der Waals surface area contributed by atoms with Gasteiger partial charge in [0.1, 0.15) is 4.90 Å². The summed E-state index contributed by atoms with van der Waals surface area (Å²) in [5.74, 6) is 0. The number of halogens is 1. The van der Waals surface area contributed by atoms with Gasteiger partial charge in [-0.1, -0.05) is 23.7 Å². The number of aromatic nitrogens is 1. The maximum absolute atomic E-state index is 12.0. The van der Waals surface area contributed by atoms with Crippen molar-refractivity contribution in [3.8, 4) is 0 Å². The predicted octanol–water partition coefficient (Wildman–Crippen LogP) is 2.54. The highest BCUT2D eigenvalue weighted by Crippen LogP contribution is 2.22. The molecule has 1 aromatic carbocycles. The summed E-state index contributed by atoms with van der Waals surface area (Å²) in [5.41, 5.74) is 0.396. The molecule has 0 atom stereocenters. The molecule has 1 heterocycles. The molecular formula is C11H9ClN2O2S. The van der Waals surface area contributed by atoms with Crippen molar-refractivity contribution >= 4 is 27.3 Å². The molecule has 1 aromatic heterocycles. The Morgan fingerprint density at radius 1 is 1.12 bits per heavy atom. The van der Waals surface area contributed by atoms with Crippen LogP contribution in [-0.2, 0) is 10.0 Å². The quantitative estimate of drug-likeness (QED) is 0.931. The van der Waals surface area contributed by atoms with E-state index in [-0.39, 0.29) is 9.92 Å². The topological polar surface area (TPSA) is 59.1 Å². The average Bonchev–Trinajstić information content (AvgIpc) is 2.30. The van der Waals surface area contributed by atoms with E-state index in [2.05, 4.69) is 9.71 Å². The molecule has 0 bridgehead atoms. The third-order valence-corrected chi connectivity index (χ3v) is 3.92. The molecule has 4 nitrogen and oxygen atoms in total. The minimum absolute atomic E-state index is 0.0468. The largest absolute Gasteiger partial charge is 0.278 e. The van der Waals surface area contributed by atoms with Crippen LogP contribution >= 0.6 is 11.6 Å². The number of benzene rings is 1. The fourth-order valence-corrected chi connectivity index (χ4v) is 2.86. The molecule has 0 spiro atoms. The molecule has 0 radical (unpaired) electrons. The van der Waals surface area contributed by atoms with Crippen LogP contribution in [0.3, 0.4) is 0 Å². The number of hydrogen-bond acceptors (Lipinski definition) is 3. The lowest BCUT2D eigenvalue weighted by atomic mass is 10.4. The Morgan fingerprint density at radius 3 is 2.53 bits per heavy atom. The Labute approximate surface area is 104 Å². The van der Waals surface area contributed by atoms with Gasteiger partial charge in [0.2, 0.25) is 0 Å². The van der Waals surface area contributed by atoms with E-state index in [0.717, 1.165) is 0 Å². The zero-order valence-corrected chi connectivity index (χ0v) is 10.2.